The molecule has 0 bridgehead atoms. The standard InChI is InChI=1S/C23H27F3N2O2S.ClH/c1-27(2)11-12-28-20-10-7-17(23(24,25)26)13-16(20)14-19(21(31-4)22(28)29)15-5-8-18(30-3)9-6-15;/h5-10,13,19,21H,11-12,14H2,1-4H3;1H. The van der Waals surface area contributed by atoms with Crippen molar-refractivity contribution in [3.63, 3.8) is 0 Å². The molecular weight excluding hydrogens is 461 g/mol. The summed E-state index contributed by atoms with van der Waals surface area (Å²) in [5.41, 5.74) is 1.32. The Balaban J connectivity index is 0.00000363. The number of hydrogen-bond acceptors (Lipinski definition) is 4. The first kappa shape index (κ1) is 26.4. The number of carbonyl (C=O) groups excluding carboxylic acids is 1. The van der Waals surface area contributed by atoms with Crippen LogP contribution in [0.3, 0.4) is 0 Å². The van der Waals surface area contributed by atoms with E-state index in [-0.39, 0.29) is 24.2 Å². The number of hydrogen-bond donors (Lipinski definition) is 0. The highest BCUT2D eigenvalue weighted by Gasteiger charge is 2.39. The molecule has 1 aliphatic heterocycles. The molecule has 2 aromatic rings. The lowest BCUT2D eigenvalue weighted by atomic mass is 9.88. The van der Waals surface area contributed by atoms with Crippen LogP contribution < -0.4 is 9.64 Å². The lowest BCUT2D eigenvalue weighted by molar-refractivity contribution is -0.137. The predicted octanol–water partition coefficient (Wildman–Crippen LogP) is 5.10. The lowest BCUT2D eigenvalue weighted by Crippen LogP contribution is -2.42. The monoisotopic (exact) mass is 488 g/mol. The third-order valence-corrected chi connectivity index (χ3v) is 6.62. The van der Waals surface area contributed by atoms with Crippen molar-refractivity contribution in [2.24, 2.45) is 0 Å². The number of thioether (sulfide) groups is 1. The highest BCUT2D eigenvalue weighted by Crippen LogP contribution is 2.41. The van der Waals surface area contributed by atoms with Gasteiger partial charge in [-0.2, -0.15) is 24.9 Å². The number of fused-ring (bicyclic) bond motifs is 1. The molecule has 0 aromatic heterocycles. The summed E-state index contributed by atoms with van der Waals surface area (Å²) in [6.45, 7) is 1.02. The maximum Gasteiger partial charge on any atom is 0.416 e. The third-order valence-electron chi connectivity index (χ3n) is 5.58. The zero-order valence-corrected chi connectivity index (χ0v) is 20.1. The summed E-state index contributed by atoms with van der Waals surface area (Å²) in [5.74, 6) is 0.366. The Kier molecular flexibility index (Phi) is 8.90. The fourth-order valence-electron chi connectivity index (χ4n) is 3.92. The number of nitrogens with zero attached hydrogens (tertiary/aromatic N) is 2. The molecule has 1 amide bonds. The van der Waals surface area contributed by atoms with Gasteiger partial charge in [0.05, 0.1) is 17.9 Å². The molecule has 9 heteroatoms. The van der Waals surface area contributed by atoms with Gasteiger partial charge >= 0.3 is 6.18 Å². The molecule has 0 spiro atoms. The summed E-state index contributed by atoms with van der Waals surface area (Å²) < 4.78 is 45.5. The quantitative estimate of drug-likeness (QED) is 0.566. The number of amides is 1. The smallest absolute Gasteiger partial charge is 0.416 e. The van der Waals surface area contributed by atoms with Crippen LogP contribution in [0, 0.1) is 0 Å². The second-order valence-corrected chi connectivity index (χ2v) is 8.85. The molecule has 0 radical (unpaired) electrons. The fourth-order valence-corrected chi connectivity index (χ4v) is 4.83. The van der Waals surface area contributed by atoms with Gasteiger partial charge in [0.2, 0.25) is 5.91 Å². The van der Waals surface area contributed by atoms with Gasteiger partial charge in [-0.15, -0.1) is 12.4 Å². The Labute approximate surface area is 197 Å². The Morgan fingerprint density at radius 1 is 1.16 bits per heavy atom. The van der Waals surface area contributed by atoms with E-state index in [1.165, 1.54) is 23.9 Å². The average Bonchev–Trinajstić information content (AvgIpc) is 2.84. The van der Waals surface area contributed by atoms with E-state index < -0.39 is 17.0 Å². The molecule has 2 unspecified atom stereocenters. The Morgan fingerprint density at radius 3 is 2.34 bits per heavy atom. The molecule has 0 aliphatic carbocycles. The molecule has 1 aliphatic rings. The summed E-state index contributed by atoms with van der Waals surface area (Å²) in [4.78, 5) is 17.2. The van der Waals surface area contributed by atoms with Crippen LogP contribution in [0.4, 0.5) is 18.9 Å². The van der Waals surface area contributed by atoms with Crippen molar-refractivity contribution < 1.29 is 22.7 Å². The highest BCUT2D eigenvalue weighted by atomic mass is 35.5. The summed E-state index contributed by atoms with van der Waals surface area (Å²) in [6.07, 6.45) is -2.21. The molecule has 0 saturated heterocycles. The van der Waals surface area contributed by atoms with Crippen molar-refractivity contribution in [3.8, 4) is 5.75 Å². The Hall–Kier alpha value is -1.90. The Morgan fingerprint density at radius 2 is 1.81 bits per heavy atom. The minimum atomic E-state index is -4.44. The number of anilines is 1. The van der Waals surface area contributed by atoms with Gasteiger partial charge in [-0.1, -0.05) is 12.1 Å². The van der Waals surface area contributed by atoms with E-state index in [2.05, 4.69) is 0 Å². The van der Waals surface area contributed by atoms with Crippen LogP contribution in [0.15, 0.2) is 42.5 Å². The molecule has 32 heavy (non-hydrogen) atoms. The number of likely N-dealkylation sites (N-methyl/N-ethyl adjacent to an activating group) is 1. The van der Waals surface area contributed by atoms with Gasteiger partial charge in [0.1, 0.15) is 5.75 Å². The number of alkyl halides is 3. The SMILES string of the molecule is COc1ccc(C2Cc3cc(C(F)(F)F)ccc3N(CCN(C)C)C(=O)C2SC)cc1.Cl. The first-order valence-corrected chi connectivity index (χ1v) is 11.3. The average molecular weight is 489 g/mol. The molecule has 0 fully saturated rings. The molecule has 0 N–H and O–H groups in total. The number of halogens is 4. The summed E-state index contributed by atoms with van der Waals surface area (Å²) >= 11 is 1.44. The Bertz CT molecular complexity index is 922. The zero-order valence-electron chi connectivity index (χ0n) is 18.5. The molecule has 176 valence electrons. The normalized spacial score (nSPS) is 18.8. The summed E-state index contributed by atoms with van der Waals surface area (Å²) in [7, 11) is 5.39. The van der Waals surface area contributed by atoms with Crippen LogP contribution in [-0.2, 0) is 17.4 Å². The predicted molar refractivity (Wildman–Crippen MR) is 126 cm³/mol. The fraction of sp³-hybridized carbons (Fsp3) is 0.435. The molecular formula is C23H28ClF3N2O2S. The van der Waals surface area contributed by atoms with Gasteiger partial charge in [-0.25, -0.2) is 0 Å². The molecule has 2 atom stereocenters. The van der Waals surface area contributed by atoms with Gasteiger partial charge in [0, 0.05) is 24.7 Å². The van der Waals surface area contributed by atoms with E-state index in [1.807, 2.05) is 49.5 Å². The van der Waals surface area contributed by atoms with Crippen LogP contribution in [0.25, 0.3) is 0 Å². The lowest BCUT2D eigenvalue weighted by Gasteiger charge is -2.28. The molecule has 1 heterocycles. The number of benzene rings is 2. The first-order chi connectivity index (χ1) is 14.7. The second-order valence-electron chi connectivity index (χ2n) is 7.87. The minimum absolute atomic E-state index is 0. The van der Waals surface area contributed by atoms with Gasteiger partial charge in [0.25, 0.3) is 0 Å². The number of carbonyl (C=O) groups is 1. The van der Waals surface area contributed by atoms with E-state index in [0.29, 0.717) is 36.5 Å². The van der Waals surface area contributed by atoms with E-state index >= 15 is 0 Å². The van der Waals surface area contributed by atoms with Gasteiger partial charge < -0.3 is 14.5 Å². The van der Waals surface area contributed by atoms with Crippen LogP contribution >= 0.6 is 24.2 Å². The number of rotatable bonds is 6. The topological polar surface area (TPSA) is 32.8 Å². The van der Waals surface area contributed by atoms with E-state index in [9.17, 15) is 18.0 Å². The van der Waals surface area contributed by atoms with Crippen molar-refractivity contribution in [1.29, 1.82) is 0 Å². The molecule has 2 aromatic carbocycles. The van der Waals surface area contributed by atoms with Crippen molar-refractivity contribution in [2.75, 3.05) is 45.5 Å². The van der Waals surface area contributed by atoms with Crippen LogP contribution in [0.1, 0.15) is 22.6 Å². The number of ether oxygens (including phenoxy) is 1. The molecule has 3 rings (SSSR count). The largest absolute Gasteiger partial charge is 0.497 e. The maximum absolute atomic E-state index is 13.6. The van der Waals surface area contributed by atoms with Gasteiger partial charge in [-0.05, 0) is 68.2 Å². The first-order valence-electron chi connectivity index (χ1n) is 9.98. The molecule has 0 saturated carbocycles. The zero-order chi connectivity index (χ0) is 22.8. The highest BCUT2D eigenvalue weighted by molar-refractivity contribution is 8.00. The summed E-state index contributed by atoms with van der Waals surface area (Å²) in [6, 6.07) is 11.1. The van der Waals surface area contributed by atoms with Crippen molar-refractivity contribution in [3.05, 3.63) is 59.2 Å². The molecule has 4 nitrogen and oxygen atoms in total. The number of methoxy groups -OCH3 is 1. The van der Waals surface area contributed by atoms with Crippen LogP contribution in [-0.4, -0.2) is 56.6 Å². The van der Waals surface area contributed by atoms with Crippen molar-refractivity contribution in [2.45, 2.75) is 23.8 Å². The van der Waals surface area contributed by atoms with Crippen molar-refractivity contribution in [1.82, 2.24) is 4.90 Å². The third kappa shape index (κ3) is 5.71. The van der Waals surface area contributed by atoms with Gasteiger partial charge in [0.15, 0.2) is 0 Å². The maximum atomic E-state index is 13.6. The van der Waals surface area contributed by atoms with Crippen LogP contribution in [0.2, 0.25) is 0 Å². The van der Waals surface area contributed by atoms with E-state index in [4.69, 9.17) is 4.74 Å². The van der Waals surface area contributed by atoms with Crippen molar-refractivity contribution >= 4 is 35.8 Å². The van der Waals surface area contributed by atoms with Gasteiger partial charge in [-0.3, -0.25) is 4.79 Å². The second kappa shape index (κ2) is 10.8. The minimum Gasteiger partial charge on any atom is -0.497 e. The van der Waals surface area contributed by atoms with Crippen LogP contribution in [0.5, 0.6) is 5.75 Å². The van der Waals surface area contributed by atoms with E-state index in [1.54, 1.807) is 12.0 Å². The van der Waals surface area contributed by atoms with E-state index in [0.717, 1.165) is 11.6 Å². The summed E-state index contributed by atoms with van der Waals surface area (Å²) in [5, 5.41) is -0.405.